The quantitative estimate of drug-likeness (QED) is 0.599. The summed E-state index contributed by atoms with van der Waals surface area (Å²) in [5.41, 5.74) is 2.38. The molecule has 0 aliphatic rings. The zero-order valence-corrected chi connectivity index (χ0v) is 16.3. The second-order valence-corrected chi connectivity index (χ2v) is 8.61. The van der Waals surface area contributed by atoms with Gasteiger partial charge in [-0.15, -0.1) is 10.2 Å². The lowest BCUT2D eigenvalue weighted by molar-refractivity contribution is 0.102. The van der Waals surface area contributed by atoms with Gasteiger partial charge in [0.1, 0.15) is 0 Å². The number of rotatable bonds is 6. The number of amides is 1. The second kappa shape index (κ2) is 8.16. The van der Waals surface area contributed by atoms with E-state index in [1.54, 1.807) is 49.4 Å². The van der Waals surface area contributed by atoms with Crippen LogP contribution >= 0.6 is 11.3 Å². The van der Waals surface area contributed by atoms with Crippen LogP contribution < -0.4 is 10.0 Å². The van der Waals surface area contributed by atoms with Crippen molar-refractivity contribution >= 4 is 38.1 Å². The molecule has 1 aromatic heterocycles. The Hall–Kier alpha value is -3.29. The molecule has 0 spiro atoms. The summed E-state index contributed by atoms with van der Waals surface area (Å²) in [7, 11) is -3.95. The Balaban J connectivity index is 1.72. The molecular weight excluding hydrogens is 398 g/mol. The Labute approximate surface area is 165 Å². The SMILES string of the molecule is Cc1ccccc1C(=O)Nc1nnc(S(=O)(=O)Nc2ccc(CC#N)cc2)s1. The van der Waals surface area contributed by atoms with Gasteiger partial charge in [-0.3, -0.25) is 14.8 Å². The van der Waals surface area contributed by atoms with Crippen LogP contribution in [0.5, 0.6) is 0 Å². The number of carbonyl (C=O) groups is 1. The number of anilines is 2. The van der Waals surface area contributed by atoms with Gasteiger partial charge in [0.25, 0.3) is 20.3 Å². The minimum Gasteiger partial charge on any atom is -0.296 e. The molecule has 8 nitrogen and oxygen atoms in total. The molecule has 0 bridgehead atoms. The van der Waals surface area contributed by atoms with Gasteiger partial charge in [0.2, 0.25) is 5.13 Å². The highest BCUT2D eigenvalue weighted by atomic mass is 32.2. The van der Waals surface area contributed by atoms with Crippen molar-refractivity contribution in [1.29, 1.82) is 5.26 Å². The largest absolute Gasteiger partial charge is 0.296 e. The van der Waals surface area contributed by atoms with Crippen molar-refractivity contribution < 1.29 is 13.2 Å². The maximum atomic E-state index is 12.5. The molecule has 0 radical (unpaired) electrons. The van der Waals surface area contributed by atoms with Crippen LogP contribution in [0.1, 0.15) is 21.5 Å². The summed E-state index contributed by atoms with van der Waals surface area (Å²) in [6, 6.07) is 15.5. The van der Waals surface area contributed by atoms with Crippen molar-refractivity contribution in [1.82, 2.24) is 10.2 Å². The molecule has 10 heteroatoms. The first-order valence-corrected chi connectivity index (χ1v) is 10.4. The van der Waals surface area contributed by atoms with E-state index in [2.05, 4.69) is 20.2 Å². The van der Waals surface area contributed by atoms with Gasteiger partial charge in [-0.25, -0.2) is 0 Å². The molecule has 0 saturated carbocycles. The lowest BCUT2D eigenvalue weighted by Gasteiger charge is -2.05. The van der Waals surface area contributed by atoms with Crippen LogP contribution in [0.15, 0.2) is 52.9 Å². The Bertz CT molecular complexity index is 1150. The van der Waals surface area contributed by atoms with Gasteiger partial charge >= 0.3 is 0 Å². The van der Waals surface area contributed by atoms with Gasteiger partial charge in [-0.2, -0.15) is 13.7 Å². The van der Waals surface area contributed by atoms with E-state index in [1.807, 2.05) is 12.1 Å². The summed E-state index contributed by atoms with van der Waals surface area (Å²) in [5.74, 6) is -0.390. The van der Waals surface area contributed by atoms with Crippen LogP contribution in [0.25, 0.3) is 0 Å². The van der Waals surface area contributed by atoms with Crippen LogP contribution in [0.2, 0.25) is 0 Å². The summed E-state index contributed by atoms with van der Waals surface area (Å²) >= 11 is 0.752. The molecule has 28 heavy (non-hydrogen) atoms. The van der Waals surface area contributed by atoms with Crippen LogP contribution in [-0.2, 0) is 16.4 Å². The first-order valence-electron chi connectivity index (χ1n) is 8.08. The fourth-order valence-electron chi connectivity index (χ4n) is 2.34. The van der Waals surface area contributed by atoms with Crippen molar-refractivity contribution in [3.8, 4) is 6.07 Å². The van der Waals surface area contributed by atoms with E-state index in [-0.39, 0.29) is 21.8 Å². The minimum atomic E-state index is -3.95. The van der Waals surface area contributed by atoms with E-state index in [9.17, 15) is 13.2 Å². The summed E-state index contributed by atoms with van der Waals surface area (Å²) in [4.78, 5) is 12.3. The number of nitriles is 1. The number of aryl methyl sites for hydroxylation is 1. The molecule has 0 saturated heterocycles. The third-order valence-electron chi connectivity index (χ3n) is 3.74. The van der Waals surface area contributed by atoms with Crippen molar-refractivity contribution in [2.24, 2.45) is 0 Å². The second-order valence-electron chi connectivity index (χ2n) is 5.78. The number of nitrogens with one attached hydrogen (secondary N) is 2. The Morgan fingerprint density at radius 3 is 2.54 bits per heavy atom. The van der Waals surface area contributed by atoms with E-state index in [0.29, 0.717) is 11.3 Å². The smallest absolute Gasteiger partial charge is 0.291 e. The van der Waals surface area contributed by atoms with Crippen LogP contribution in [0, 0.1) is 18.3 Å². The first kappa shape index (κ1) is 19.5. The number of benzene rings is 2. The van der Waals surface area contributed by atoms with Crippen molar-refractivity contribution in [2.75, 3.05) is 10.0 Å². The van der Waals surface area contributed by atoms with Crippen LogP contribution in [0.4, 0.5) is 10.8 Å². The monoisotopic (exact) mass is 413 g/mol. The van der Waals surface area contributed by atoms with E-state index >= 15 is 0 Å². The van der Waals surface area contributed by atoms with E-state index in [0.717, 1.165) is 22.5 Å². The molecule has 0 aliphatic heterocycles. The van der Waals surface area contributed by atoms with Crippen LogP contribution in [0.3, 0.4) is 0 Å². The third kappa shape index (κ3) is 4.51. The molecule has 0 fully saturated rings. The number of hydrogen-bond acceptors (Lipinski definition) is 7. The highest BCUT2D eigenvalue weighted by Crippen LogP contribution is 2.23. The molecule has 142 valence electrons. The molecule has 0 unspecified atom stereocenters. The van der Waals surface area contributed by atoms with Gasteiger partial charge in [-0.1, -0.05) is 41.7 Å². The maximum Gasteiger partial charge on any atom is 0.291 e. The molecule has 0 atom stereocenters. The van der Waals surface area contributed by atoms with Crippen LogP contribution in [-0.4, -0.2) is 24.5 Å². The molecule has 1 amide bonds. The molecule has 3 rings (SSSR count). The van der Waals surface area contributed by atoms with E-state index in [4.69, 9.17) is 5.26 Å². The molecule has 1 heterocycles. The topological polar surface area (TPSA) is 125 Å². The Kier molecular flexibility index (Phi) is 5.67. The summed E-state index contributed by atoms with van der Waals surface area (Å²) in [6.45, 7) is 1.80. The van der Waals surface area contributed by atoms with E-state index < -0.39 is 10.0 Å². The highest BCUT2D eigenvalue weighted by Gasteiger charge is 2.21. The zero-order chi connectivity index (χ0) is 20.1. The third-order valence-corrected chi connectivity index (χ3v) is 6.32. The van der Waals surface area contributed by atoms with Gasteiger partial charge in [0.15, 0.2) is 0 Å². The standard InChI is InChI=1S/C18H15N5O3S2/c1-12-4-2-3-5-15(12)16(24)20-17-21-22-18(27-17)28(25,26)23-14-8-6-13(7-9-14)10-11-19/h2-9,23H,10H2,1H3,(H,20,21,24). The predicted molar refractivity (Wildman–Crippen MR) is 106 cm³/mol. The maximum absolute atomic E-state index is 12.5. The zero-order valence-electron chi connectivity index (χ0n) is 14.7. The number of carbonyl (C=O) groups excluding carboxylic acids is 1. The van der Waals surface area contributed by atoms with Crippen molar-refractivity contribution in [2.45, 2.75) is 17.7 Å². The van der Waals surface area contributed by atoms with Crippen molar-refractivity contribution in [3.63, 3.8) is 0 Å². The normalized spacial score (nSPS) is 10.9. The fraction of sp³-hybridized carbons (Fsp3) is 0.111. The van der Waals surface area contributed by atoms with E-state index in [1.165, 1.54) is 0 Å². The number of sulfonamides is 1. The summed E-state index contributed by atoms with van der Waals surface area (Å²) in [5, 5.41) is 18.7. The van der Waals surface area contributed by atoms with Gasteiger partial charge in [-0.05, 0) is 36.2 Å². The molecule has 3 aromatic rings. The highest BCUT2D eigenvalue weighted by molar-refractivity contribution is 7.94. The number of hydrogen-bond donors (Lipinski definition) is 2. The van der Waals surface area contributed by atoms with Crippen molar-refractivity contribution in [3.05, 3.63) is 65.2 Å². The Morgan fingerprint density at radius 1 is 1.14 bits per heavy atom. The van der Waals surface area contributed by atoms with Gasteiger partial charge < -0.3 is 0 Å². The average molecular weight is 413 g/mol. The molecular formula is C18H15N5O3S2. The number of nitrogens with zero attached hydrogens (tertiary/aromatic N) is 3. The average Bonchev–Trinajstić information content (AvgIpc) is 3.13. The molecule has 2 N–H and O–H groups in total. The Morgan fingerprint density at radius 2 is 1.86 bits per heavy atom. The fourth-order valence-corrected chi connectivity index (χ4v) is 4.30. The van der Waals surface area contributed by atoms with Gasteiger partial charge in [0, 0.05) is 11.3 Å². The minimum absolute atomic E-state index is 0.0815. The van der Waals surface area contributed by atoms with Gasteiger partial charge in [0.05, 0.1) is 12.5 Å². The summed E-state index contributed by atoms with van der Waals surface area (Å²) in [6.07, 6.45) is 0.243. The molecule has 0 aliphatic carbocycles. The lowest BCUT2D eigenvalue weighted by atomic mass is 10.1. The first-order chi connectivity index (χ1) is 13.4. The predicted octanol–water partition coefficient (Wildman–Crippen LogP) is 2.97. The summed E-state index contributed by atoms with van der Waals surface area (Å²) < 4.78 is 27.1. The molecule has 2 aromatic carbocycles. The number of aromatic nitrogens is 2. The lowest BCUT2D eigenvalue weighted by Crippen LogP contribution is -2.13.